The van der Waals surface area contributed by atoms with Gasteiger partial charge in [0.15, 0.2) is 0 Å². The number of esters is 2. The van der Waals surface area contributed by atoms with Gasteiger partial charge in [0.2, 0.25) is 0 Å². The lowest BCUT2D eigenvalue weighted by Gasteiger charge is -2.30. The third-order valence-corrected chi connectivity index (χ3v) is 12.1. The van der Waals surface area contributed by atoms with Crippen LogP contribution in [-0.2, 0) is 28.7 Å². The molecule has 0 spiro atoms. The second-order valence-electron chi connectivity index (χ2n) is 17.9. The molecule has 2 N–H and O–H groups in total. The van der Waals surface area contributed by atoms with Gasteiger partial charge >= 0.3 is 23.9 Å². The fourth-order valence-electron chi connectivity index (χ4n) is 7.98. The number of carboxylic acid groups (broad SMARTS) is 2. The van der Waals surface area contributed by atoms with Crippen molar-refractivity contribution in [2.45, 2.75) is 291 Å². The number of ether oxygens (including phenoxy) is 2. The van der Waals surface area contributed by atoms with Crippen molar-refractivity contribution in [1.82, 2.24) is 0 Å². The molecule has 356 valence electrons. The molecule has 0 bridgehead atoms. The summed E-state index contributed by atoms with van der Waals surface area (Å²) in [4.78, 5) is 46.3. The Morgan fingerprint density at radius 1 is 0.333 bits per heavy atom. The lowest BCUT2D eigenvalue weighted by molar-refractivity contribution is -0.151. The number of hydrogen-bond acceptors (Lipinski definition) is 6. The zero-order valence-electron chi connectivity index (χ0n) is 40.2. The van der Waals surface area contributed by atoms with Crippen molar-refractivity contribution in [2.24, 2.45) is 5.41 Å². The van der Waals surface area contributed by atoms with Gasteiger partial charge in [0.05, 0.1) is 18.6 Å². The van der Waals surface area contributed by atoms with E-state index in [0.717, 1.165) is 128 Å². The molecule has 0 saturated carbocycles. The van der Waals surface area contributed by atoms with E-state index in [1.54, 1.807) is 0 Å². The van der Waals surface area contributed by atoms with Crippen molar-refractivity contribution in [3.05, 3.63) is 0 Å². The molecule has 0 aromatic heterocycles. The van der Waals surface area contributed by atoms with E-state index in [1.807, 2.05) is 0 Å². The van der Waals surface area contributed by atoms with E-state index >= 15 is 0 Å². The summed E-state index contributed by atoms with van der Waals surface area (Å²) >= 11 is 0. The topological polar surface area (TPSA) is 127 Å². The van der Waals surface area contributed by atoms with Crippen molar-refractivity contribution in [3.63, 3.8) is 0 Å². The Balaban J connectivity index is 0. The quantitative estimate of drug-likeness (QED) is 0.0458. The first-order valence-corrected chi connectivity index (χ1v) is 25.9. The SMILES string of the molecule is CCCCCCCCC(CCCCCCCC)(CCCCCCCC(=O)O)C(=O)O.CCCCCCCCOC(=O)CCCCCCCCC(=O)OCCCCCCCC. The Morgan fingerprint density at radius 3 is 0.867 bits per heavy atom. The Kier molecular flexibility index (Phi) is 47.9. The summed E-state index contributed by atoms with van der Waals surface area (Å²) in [6.45, 7) is 10.0. The van der Waals surface area contributed by atoms with Crippen molar-refractivity contribution >= 4 is 23.9 Å². The van der Waals surface area contributed by atoms with Gasteiger partial charge in [0.1, 0.15) is 0 Å². The molecular formula is C52H100O8. The smallest absolute Gasteiger partial charge is 0.309 e. The van der Waals surface area contributed by atoms with Gasteiger partial charge in [-0.1, -0.05) is 220 Å². The molecule has 0 radical (unpaired) electrons. The summed E-state index contributed by atoms with van der Waals surface area (Å²) in [7, 11) is 0. The van der Waals surface area contributed by atoms with Crippen LogP contribution >= 0.6 is 0 Å². The molecule has 0 aliphatic heterocycles. The van der Waals surface area contributed by atoms with Crippen LogP contribution in [0.25, 0.3) is 0 Å². The standard InChI is InChI=1S/2C26H50O4/c1-3-5-7-9-15-19-23-29-25(27)21-17-13-11-12-14-18-22-26(28)30-24-20-16-10-8-6-4-2;1-3-5-7-9-13-17-21-26(25(29)30,22-18-14-10-8-6-4-2)23-19-15-11-12-16-20-24(27)28/h3-24H2,1-2H3;3-23H2,1-2H3,(H,27,28)(H,29,30). The van der Waals surface area contributed by atoms with Crippen molar-refractivity contribution in [2.75, 3.05) is 13.2 Å². The predicted molar refractivity (Wildman–Crippen MR) is 252 cm³/mol. The average Bonchev–Trinajstić information content (AvgIpc) is 3.23. The van der Waals surface area contributed by atoms with Gasteiger partial charge in [0, 0.05) is 19.3 Å². The predicted octanol–water partition coefficient (Wildman–Crippen LogP) is 16.3. The molecule has 0 atom stereocenters. The van der Waals surface area contributed by atoms with Crippen LogP contribution < -0.4 is 0 Å². The van der Waals surface area contributed by atoms with Gasteiger partial charge in [-0.3, -0.25) is 19.2 Å². The molecule has 0 aromatic carbocycles. The molecule has 0 unspecified atom stereocenters. The first-order chi connectivity index (χ1) is 29.2. The van der Waals surface area contributed by atoms with Crippen LogP contribution in [0.4, 0.5) is 0 Å². The first-order valence-electron chi connectivity index (χ1n) is 25.9. The highest BCUT2D eigenvalue weighted by atomic mass is 16.5. The summed E-state index contributed by atoms with van der Waals surface area (Å²) in [5.41, 5.74) is -0.545. The molecule has 8 nitrogen and oxygen atoms in total. The highest BCUT2D eigenvalue weighted by molar-refractivity contribution is 5.74. The average molecular weight is 853 g/mol. The maximum atomic E-state index is 12.3. The van der Waals surface area contributed by atoms with Gasteiger partial charge in [0.25, 0.3) is 0 Å². The van der Waals surface area contributed by atoms with Crippen molar-refractivity contribution in [3.8, 4) is 0 Å². The monoisotopic (exact) mass is 853 g/mol. The van der Waals surface area contributed by atoms with Crippen LogP contribution in [-0.4, -0.2) is 47.3 Å². The molecule has 0 heterocycles. The Morgan fingerprint density at radius 2 is 0.583 bits per heavy atom. The molecular weight excluding hydrogens is 753 g/mol. The van der Waals surface area contributed by atoms with Gasteiger partial charge in [-0.25, -0.2) is 0 Å². The van der Waals surface area contributed by atoms with Crippen LogP contribution in [0.15, 0.2) is 0 Å². The van der Waals surface area contributed by atoms with E-state index in [-0.39, 0.29) is 18.4 Å². The number of carboxylic acids is 2. The van der Waals surface area contributed by atoms with Crippen LogP contribution in [0.2, 0.25) is 0 Å². The molecule has 0 aromatic rings. The number of carbonyl (C=O) groups excluding carboxylic acids is 2. The first kappa shape index (κ1) is 60.0. The van der Waals surface area contributed by atoms with E-state index < -0.39 is 17.4 Å². The highest BCUT2D eigenvalue weighted by Gasteiger charge is 2.36. The molecule has 0 rings (SSSR count). The lowest BCUT2D eigenvalue weighted by atomic mass is 9.74. The summed E-state index contributed by atoms with van der Waals surface area (Å²) in [5.74, 6) is -1.40. The van der Waals surface area contributed by atoms with E-state index in [9.17, 15) is 24.3 Å². The number of aliphatic carboxylic acids is 2. The van der Waals surface area contributed by atoms with E-state index in [1.165, 1.54) is 116 Å². The normalized spacial score (nSPS) is 11.3. The van der Waals surface area contributed by atoms with E-state index in [2.05, 4.69) is 27.7 Å². The van der Waals surface area contributed by atoms with Crippen molar-refractivity contribution in [1.29, 1.82) is 0 Å². The van der Waals surface area contributed by atoms with E-state index in [4.69, 9.17) is 14.6 Å². The number of carbonyl (C=O) groups is 4. The minimum absolute atomic E-state index is 0.0448. The minimum atomic E-state index is -0.724. The van der Waals surface area contributed by atoms with Gasteiger partial charge in [-0.05, 0) is 51.4 Å². The zero-order chi connectivity index (χ0) is 44.6. The van der Waals surface area contributed by atoms with Gasteiger partial charge in [-0.2, -0.15) is 0 Å². The Bertz CT molecular complexity index is 898. The molecule has 0 aliphatic carbocycles. The second-order valence-corrected chi connectivity index (χ2v) is 17.9. The van der Waals surface area contributed by atoms with Crippen LogP contribution in [0.5, 0.6) is 0 Å². The molecule has 0 amide bonds. The van der Waals surface area contributed by atoms with E-state index in [0.29, 0.717) is 26.1 Å². The molecule has 0 aliphatic rings. The molecule has 60 heavy (non-hydrogen) atoms. The third-order valence-electron chi connectivity index (χ3n) is 12.1. The second kappa shape index (κ2) is 47.9. The Hall–Kier alpha value is -2.12. The van der Waals surface area contributed by atoms with Crippen molar-refractivity contribution < 1.29 is 38.9 Å². The highest BCUT2D eigenvalue weighted by Crippen LogP contribution is 2.38. The van der Waals surface area contributed by atoms with Crippen LogP contribution in [0, 0.1) is 5.41 Å². The number of hydrogen-bond donors (Lipinski definition) is 2. The lowest BCUT2D eigenvalue weighted by Crippen LogP contribution is -2.31. The Labute approximate surface area is 371 Å². The van der Waals surface area contributed by atoms with Crippen LogP contribution in [0.1, 0.15) is 291 Å². The van der Waals surface area contributed by atoms with Gasteiger partial charge in [-0.15, -0.1) is 0 Å². The largest absolute Gasteiger partial charge is 0.481 e. The molecule has 0 fully saturated rings. The summed E-state index contributed by atoms with van der Waals surface area (Å²) < 4.78 is 10.6. The summed E-state index contributed by atoms with van der Waals surface area (Å²) in [6.07, 6.45) is 43.6. The van der Waals surface area contributed by atoms with Gasteiger partial charge < -0.3 is 19.7 Å². The maximum absolute atomic E-state index is 12.3. The minimum Gasteiger partial charge on any atom is -0.481 e. The number of unbranched alkanes of at least 4 members (excludes halogenated alkanes) is 29. The molecule has 0 saturated heterocycles. The van der Waals surface area contributed by atoms with Crippen LogP contribution in [0.3, 0.4) is 0 Å². The number of rotatable bonds is 46. The third kappa shape index (κ3) is 44.0. The summed E-state index contributed by atoms with van der Waals surface area (Å²) in [5, 5.41) is 18.9. The maximum Gasteiger partial charge on any atom is 0.309 e. The molecule has 8 heteroatoms. The zero-order valence-corrected chi connectivity index (χ0v) is 40.2. The summed E-state index contributed by atoms with van der Waals surface area (Å²) in [6, 6.07) is 0. The fraction of sp³-hybridized carbons (Fsp3) is 0.923. The fourth-order valence-corrected chi connectivity index (χ4v) is 7.98.